The van der Waals surface area contributed by atoms with E-state index in [4.69, 9.17) is 28.4 Å². The molecule has 0 aromatic heterocycles. The van der Waals surface area contributed by atoms with E-state index >= 15 is 0 Å². The minimum absolute atomic E-state index is 0.0533. The Morgan fingerprint density at radius 1 is 0.620 bits per heavy atom. The molecule has 2 aromatic rings. The van der Waals surface area contributed by atoms with Gasteiger partial charge < -0.3 is 28.4 Å². The molecule has 4 heterocycles. The summed E-state index contributed by atoms with van der Waals surface area (Å²) in [5, 5.41) is 0. The number of piperidine rings is 2. The molecule has 0 radical (unpaired) electrons. The highest BCUT2D eigenvalue weighted by molar-refractivity contribution is 6.29. The number of carbonyl (C=O) groups is 2. The predicted molar refractivity (Wildman–Crippen MR) is 190 cm³/mol. The van der Waals surface area contributed by atoms with Gasteiger partial charge in [0, 0.05) is 62.9 Å². The van der Waals surface area contributed by atoms with Gasteiger partial charge in [0.1, 0.15) is 12.2 Å². The Balaban J connectivity index is 1.20. The van der Waals surface area contributed by atoms with Gasteiger partial charge in [-0.05, 0) is 84.0 Å². The molecule has 0 aliphatic carbocycles. The first kappa shape index (κ1) is 36.3. The maximum atomic E-state index is 13.7. The van der Waals surface area contributed by atoms with E-state index < -0.39 is 24.1 Å². The first-order valence-electron chi connectivity index (χ1n) is 18.4. The number of ether oxygens (including phenoxy) is 6. The molecule has 0 unspecified atom stereocenters. The van der Waals surface area contributed by atoms with E-state index in [1.54, 1.807) is 28.4 Å². The van der Waals surface area contributed by atoms with Gasteiger partial charge in [-0.25, -0.2) is 9.59 Å². The number of carbonyl (C=O) groups excluding carboxylic acids is 2. The van der Waals surface area contributed by atoms with Gasteiger partial charge >= 0.3 is 11.9 Å². The summed E-state index contributed by atoms with van der Waals surface area (Å²) in [6, 6.07) is 8.38. The van der Waals surface area contributed by atoms with Crippen molar-refractivity contribution >= 4 is 11.9 Å². The molecule has 0 spiro atoms. The number of nitrogens with zero attached hydrogens (tertiary/aromatic N) is 2. The second kappa shape index (κ2) is 15.4. The highest BCUT2D eigenvalue weighted by atomic mass is 16.6. The molecule has 0 amide bonds. The number of esters is 2. The Bertz CT molecular complexity index is 1430. The van der Waals surface area contributed by atoms with Gasteiger partial charge in [-0.15, -0.1) is 0 Å². The number of fused-ring (bicyclic) bond motifs is 6. The first-order valence-corrected chi connectivity index (χ1v) is 18.4. The van der Waals surface area contributed by atoms with E-state index in [0.717, 1.165) is 63.4 Å². The molecule has 50 heavy (non-hydrogen) atoms. The normalized spacial score (nSPS) is 26.3. The number of hydrogen-bond donors (Lipinski definition) is 0. The summed E-state index contributed by atoms with van der Waals surface area (Å²) in [5.41, 5.74) is 4.79. The van der Waals surface area contributed by atoms with Crippen LogP contribution in [-0.4, -0.2) is 88.6 Å². The van der Waals surface area contributed by atoms with Crippen LogP contribution in [0.15, 0.2) is 24.3 Å². The molecule has 10 heteroatoms. The highest BCUT2D eigenvalue weighted by Gasteiger charge is 2.45. The Morgan fingerprint density at radius 2 is 0.980 bits per heavy atom. The Kier molecular flexibility index (Phi) is 11.2. The van der Waals surface area contributed by atoms with Crippen molar-refractivity contribution < 1.29 is 38.0 Å². The van der Waals surface area contributed by atoms with Crippen molar-refractivity contribution in [2.75, 3.05) is 54.6 Å². The summed E-state index contributed by atoms with van der Waals surface area (Å²) in [7, 11) is 6.61. The van der Waals surface area contributed by atoms with Gasteiger partial charge in [0.25, 0.3) is 0 Å². The third-order valence-electron chi connectivity index (χ3n) is 11.4. The summed E-state index contributed by atoms with van der Waals surface area (Å²) in [6.45, 7) is 12.2. The molecule has 4 aliphatic heterocycles. The third kappa shape index (κ3) is 7.42. The van der Waals surface area contributed by atoms with Gasteiger partial charge in [0.05, 0.1) is 28.4 Å². The third-order valence-corrected chi connectivity index (χ3v) is 11.4. The van der Waals surface area contributed by atoms with Crippen LogP contribution in [0, 0.1) is 23.7 Å². The zero-order valence-corrected chi connectivity index (χ0v) is 31.2. The van der Waals surface area contributed by atoms with Crippen LogP contribution in [0.5, 0.6) is 23.0 Å². The fourth-order valence-corrected chi connectivity index (χ4v) is 9.14. The molecule has 10 nitrogen and oxygen atoms in total. The van der Waals surface area contributed by atoms with E-state index in [0.29, 0.717) is 36.2 Å². The molecule has 6 rings (SSSR count). The maximum Gasteiger partial charge on any atom is 0.417 e. The fourth-order valence-electron chi connectivity index (χ4n) is 9.14. The largest absolute Gasteiger partial charge is 0.493 e. The van der Waals surface area contributed by atoms with Gasteiger partial charge in [0.2, 0.25) is 0 Å². The average molecular weight is 693 g/mol. The van der Waals surface area contributed by atoms with Gasteiger partial charge in [-0.3, -0.25) is 9.80 Å². The van der Waals surface area contributed by atoms with E-state index in [-0.39, 0.29) is 23.9 Å². The van der Waals surface area contributed by atoms with E-state index in [1.807, 2.05) is 0 Å². The lowest BCUT2D eigenvalue weighted by atomic mass is 9.79. The highest BCUT2D eigenvalue weighted by Crippen LogP contribution is 2.46. The van der Waals surface area contributed by atoms with Gasteiger partial charge in [0.15, 0.2) is 23.0 Å². The molecule has 6 atom stereocenters. The standard InChI is InChI=1S/C40H56N2O8/c1-23(2)13-27-21-41-11-9-25-15-35(45-5)37(47-7)17-29(25)31(41)19-33(27)49-39(43)40(44)50-34-20-32-30-18-38(48-8)36(46-6)16-26(30)10-12-42(32)22-28(34)14-24(3)4/h15-18,23-24,27-28,31-34H,9-14,19-22H2,1-8H3/t27-,28-,31-,32-,33-,34-/m1/s1. The lowest BCUT2D eigenvalue weighted by Gasteiger charge is -2.47. The zero-order valence-electron chi connectivity index (χ0n) is 31.2. The van der Waals surface area contributed by atoms with Crippen molar-refractivity contribution in [3.63, 3.8) is 0 Å². The minimum Gasteiger partial charge on any atom is -0.493 e. The lowest BCUT2D eigenvalue weighted by molar-refractivity contribution is -0.182. The molecule has 2 fully saturated rings. The van der Waals surface area contributed by atoms with Crippen LogP contribution in [0.3, 0.4) is 0 Å². The summed E-state index contributed by atoms with van der Waals surface area (Å²) >= 11 is 0. The van der Waals surface area contributed by atoms with E-state index in [9.17, 15) is 9.59 Å². The molecule has 0 N–H and O–H groups in total. The molecular formula is C40H56N2O8. The van der Waals surface area contributed by atoms with Crippen molar-refractivity contribution in [1.82, 2.24) is 9.80 Å². The quantitative estimate of drug-likeness (QED) is 0.212. The summed E-state index contributed by atoms with van der Waals surface area (Å²) in [5.74, 6) is 2.12. The molecule has 0 bridgehead atoms. The van der Waals surface area contributed by atoms with Crippen LogP contribution in [0.4, 0.5) is 0 Å². The Labute approximate surface area is 297 Å². The van der Waals surface area contributed by atoms with Crippen LogP contribution in [0.25, 0.3) is 0 Å². The van der Waals surface area contributed by atoms with Gasteiger partial charge in [-0.2, -0.15) is 0 Å². The minimum atomic E-state index is -0.887. The summed E-state index contributed by atoms with van der Waals surface area (Å²) in [4.78, 5) is 32.4. The van der Waals surface area contributed by atoms with Crippen LogP contribution in [-0.2, 0) is 31.9 Å². The molecular weight excluding hydrogens is 636 g/mol. The fraction of sp³-hybridized carbons (Fsp3) is 0.650. The van der Waals surface area contributed by atoms with Crippen molar-refractivity contribution in [3.8, 4) is 23.0 Å². The molecule has 4 aliphatic rings. The summed E-state index contributed by atoms with van der Waals surface area (Å²) < 4.78 is 34.8. The number of methoxy groups -OCH3 is 4. The SMILES string of the molecule is COc1cc2c(cc1OC)[C@H]1C[C@@H](OC(=O)C(=O)O[C@@H]3C[C@@H]4c5cc(OC)c(OC)cc5CCN4C[C@H]3CC(C)C)[C@H](CC(C)C)CN1CC2. The van der Waals surface area contributed by atoms with E-state index in [2.05, 4.69) is 61.8 Å². The van der Waals surface area contributed by atoms with Crippen LogP contribution >= 0.6 is 0 Å². The molecule has 0 saturated carbocycles. The van der Waals surface area contributed by atoms with Crippen LogP contribution in [0.2, 0.25) is 0 Å². The first-order chi connectivity index (χ1) is 24.0. The molecule has 274 valence electrons. The molecule has 2 aromatic carbocycles. The topological polar surface area (TPSA) is 96.0 Å². The van der Waals surface area contributed by atoms with Crippen molar-refractivity contribution in [2.45, 2.75) is 90.5 Å². The second-order valence-corrected chi connectivity index (χ2v) is 15.5. The predicted octanol–water partition coefficient (Wildman–Crippen LogP) is 6.18. The summed E-state index contributed by atoms with van der Waals surface area (Å²) in [6.07, 6.45) is 4.05. The lowest BCUT2D eigenvalue weighted by Crippen LogP contribution is -2.51. The number of hydrogen-bond acceptors (Lipinski definition) is 10. The second-order valence-electron chi connectivity index (χ2n) is 15.5. The monoisotopic (exact) mass is 692 g/mol. The number of benzene rings is 2. The van der Waals surface area contributed by atoms with Crippen molar-refractivity contribution in [3.05, 3.63) is 46.5 Å². The zero-order chi connectivity index (χ0) is 35.7. The van der Waals surface area contributed by atoms with Crippen LogP contribution in [0.1, 0.15) is 87.7 Å². The van der Waals surface area contributed by atoms with Crippen molar-refractivity contribution in [1.29, 1.82) is 0 Å². The van der Waals surface area contributed by atoms with E-state index in [1.165, 1.54) is 22.3 Å². The molecule has 2 saturated heterocycles. The number of rotatable bonds is 10. The Morgan fingerprint density at radius 3 is 1.32 bits per heavy atom. The Hall–Kier alpha value is -3.50. The smallest absolute Gasteiger partial charge is 0.417 e. The van der Waals surface area contributed by atoms with Gasteiger partial charge in [-0.1, -0.05) is 27.7 Å². The van der Waals surface area contributed by atoms with Crippen molar-refractivity contribution in [2.24, 2.45) is 23.7 Å². The van der Waals surface area contributed by atoms with Crippen LogP contribution < -0.4 is 18.9 Å². The maximum absolute atomic E-state index is 13.7. The average Bonchev–Trinajstić information content (AvgIpc) is 3.10.